The number of aliphatic hydroxyl groups is 1. The van der Waals surface area contributed by atoms with E-state index in [0.29, 0.717) is 34.1 Å². The molecular formula is C39H38N2O8. The fourth-order valence-corrected chi connectivity index (χ4v) is 4.48. The molecule has 2 amide bonds. The molecule has 252 valence electrons. The molecule has 10 heteroatoms. The largest absolute Gasteiger partial charge is 0.508 e. The number of para-hydroxylation sites is 2. The van der Waals surface area contributed by atoms with Gasteiger partial charge in [-0.25, -0.2) is 0 Å². The molecule has 0 unspecified atom stereocenters. The van der Waals surface area contributed by atoms with Crippen LogP contribution in [0.15, 0.2) is 121 Å². The quantitative estimate of drug-likeness (QED) is 0.0869. The number of likely N-dealkylation sites (N-methyl/N-ethyl adjacent to an activating group) is 2. The van der Waals surface area contributed by atoms with Crippen molar-refractivity contribution in [2.24, 2.45) is 0 Å². The van der Waals surface area contributed by atoms with Crippen LogP contribution in [0.4, 0.5) is 11.4 Å². The molecule has 4 aromatic rings. The van der Waals surface area contributed by atoms with Crippen molar-refractivity contribution < 1.29 is 38.4 Å². The Hall–Kier alpha value is -6.29. The lowest BCUT2D eigenvalue weighted by Crippen LogP contribution is -2.31. The predicted molar refractivity (Wildman–Crippen MR) is 190 cm³/mol. The Morgan fingerprint density at radius 1 is 0.612 bits per heavy atom. The van der Waals surface area contributed by atoms with Crippen LogP contribution in [0.2, 0.25) is 0 Å². The SMILES string of the molecule is COc1cc(/C=C/C(=O)C=C(O)/C=C/c2ccc(OCC(=O)N(C)c3ccccc3)c(OC)c2)ccc1OCC(=O)N(C)c1ccccc1. The minimum Gasteiger partial charge on any atom is -0.508 e. The van der Waals surface area contributed by atoms with Crippen molar-refractivity contribution >= 4 is 41.1 Å². The highest BCUT2D eigenvalue weighted by Crippen LogP contribution is 2.30. The summed E-state index contributed by atoms with van der Waals surface area (Å²) in [6.45, 7) is -0.374. The summed E-state index contributed by atoms with van der Waals surface area (Å²) in [5.41, 5.74) is 2.82. The van der Waals surface area contributed by atoms with Gasteiger partial charge in [0.15, 0.2) is 42.0 Å². The van der Waals surface area contributed by atoms with Crippen LogP contribution in [0, 0.1) is 0 Å². The summed E-state index contributed by atoms with van der Waals surface area (Å²) in [5.74, 6) is 0.398. The molecule has 0 aromatic heterocycles. The number of aliphatic hydroxyl groups excluding tert-OH is 1. The van der Waals surface area contributed by atoms with Crippen molar-refractivity contribution in [2.75, 3.05) is 51.3 Å². The third-order valence-electron chi connectivity index (χ3n) is 7.29. The number of methoxy groups -OCH3 is 2. The Morgan fingerprint density at radius 3 is 1.47 bits per heavy atom. The number of rotatable bonds is 15. The summed E-state index contributed by atoms with van der Waals surface area (Å²) < 4.78 is 22.3. The second kappa shape index (κ2) is 17.6. The molecule has 0 saturated heterocycles. The lowest BCUT2D eigenvalue weighted by molar-refractivity contribution is -0.121. The van der Waals surface area contributed by atoms with Gasteiger partial charge in [0.1, 0.15) is 5.76 Å². The Balaban J connectivity index is 1.31. The summed E-state index contributed by atoms with van der Waals surface area (Å²) in [5, 5.41) is 10.3. The molecule has 0 spiro atoms. The molecule has 49 heavy (non-hydrogen) atoms. The zero-order valence-electron chi connectivity index (χ0n) is 27.7. The second-order valence-corrected chi connectivity index (χ2v) is 10.6. The number of ether oxygens (including phenoxy) is 4. The number of hydrogen-bond acceptors (Lipinski definition) is 8. The van der Waals surface area contributed by atoms with Gasteiger partial charge in [-0.1, -0.05) is 60.7 Å². The minimum absolute atomic E-state index is 0.186. The maximum absolute atomic E-state index is 12.6. The van der Waals surface area contributed by atoms with Crippen LogP contribution in [0.25, 0.3) is 12.2 Å². The minimum atomic E-state index is -0.442. The van der Waals surface area contributed by atoms with Crippen LogP contribution in [0.5, 0.6) is 23.0 Å². The van der Waals surface area contributed by atoms with Crippen LogP contribution in [0.3, 0.4) is 0 Å². The molecule has 0 bridgehead atoms. The van der Waals surface area contributed by atoms with E-state index >= 15 is 0 Å². The number of amides is 2. The van der Waals surface area contributed by atoms with E-state index in [4.69, 9.17) is 18.9 Å². The molecule has 0 radical (unpaired) electrons. The third-order valence-corrected chi connectivity index (χ3v) is 7.29. The van der Waals surface area contributed by atoms with E-state index in [1.54, 1.807) is 62.6 Å². The summed E-state index contributed by atoms with van der Waals surface area (Å²) in [4.78, 5) is 40.7. The summed E-state index contributed by atoms with van der Waals surface area (Å²) in [6, 6.07) is 28.6. The zero-order valence-corrected chi connectivity index (χ0v) is 27.7. The summed E-state index contributed by atoms with van der Waals surface area (Å²) in [7, 11) is 6.32. The zero-order chi connectivity index (χ0) is 35.2. The third kappa shape index (κ3) is 10.4. The molecule has 0 saturated carbocycles. The van der Waals surface area contributed by atoms with Crippen LogP contribution in [-0.2, 0) is 14.4 Å². The molecule has 4 aromatic carbocycles. The molecule has 0 aliphatic carbocycles. The average Bonchev–Trinajstić information content (AvgIpc) is 3.14. The first-order valence-corrected chi connectivity index (χ1v) is 15.2. The van der Waals surface area contributed by atoms with Gasteiger partial charge in [0.25, 0.3) is 11.8 Å². The Labute approximate surface area is 285 Å². The number of anilines is 2. The molecule has 0 aliphatic heterocycles. The fraction of sp³-hybridized carbons (Fsp3) is 0.154. The molecular weight excluding hydrogens is 624 g/mol. The van der Waals surface area contributed by atoms with Gasteiger partial charge < -0.3 is 33.9 Å². The van der Waals surface area contributed by atoms with Gasteiger partial charge in [0.2, 0.25) is 0 Å². The Morgan fingerprint density at radius 2 is 1.04 bits per heavy atom. The van der Waals surface area contributed by atoms with Gasteiger partial charge in [-0.15, -0.1) is 0 Å². The van der Waals surface area contributed by atoms with Gasteiger partial charge >= 0.3 is 0 Å². The highest BCUT2D eigenvalue weighted by atomic mass is 16.5. The first-order chi connectivity index (χ1) is 23.7. The lowest BCUT2D eigenvalue weighted by atomic mass is 10.1. The van der Waals surface area contributed by atoms with Crippen molar-refractivity contribution in [3.63, 3.8) is 0 Å². The molecule has 0 heterocycles. The number of nitrogens with zero attached hydrogens (tertiary/aromatic N) is 2. The van der Waals surface area contributed by atoms with Gasteiger partial charge in [-0.2, -0.15) is 0 Å². The number of carbonyl (C=O) groups is 3. The van der Waals surface area contributed by atoms with Gasteiger partial charge in [-0.3, -0.25) is 14.4 Å². The number of benzene rings is 4. The average molecular weight is 663 g/mol. The summed E-state index contributed by atoms with van der Waals surface area (Å²) in [6.07, 6.45) is 6.95. The Bertz CT molecular complexity index is 1830. The molecule has 10 nitrogen and oxygen atoms in total. The smallest absolute Gasteiger partial charge is 0.264 e. The van der Waals surface area contributed by atoms with E-state index in [1.807, 2.05) is 60.7 Å². The standard InChI is InChI=1S/C39H38N2O8/c1-40(30-11-7-5-8-12-30)38(44)26-48-34-21-17-28(23-36(34)46-3)15-19-32(42)25-33(43)20-16-29-18-22-35(37(24-29)47-4)49-27-39(45)41(2)31-13-9-6-10-14-31/h5-25,42H,26-27H2,1-4H3/b19-15+,20-16+,32-25?. The molecule has 0 aliphatic rings. The van der Waals surface area contributed by atoms with Crippen molar-refractivity contribution in [1.29, 1.82) is 0 Å². The van der Waals surface area contributed by atoms with E-state index in [1.165, 1.54) is 36.2 Å². The second-order valence-electron chi connectivity index (χ2n) is 10.6. The molecule has 0 atom stereocenters. The first-order valence-electron chi connectivity index (χ1n) is 15.2. The van der Waals surface area contributed by atoms with E-state index in [2.05, 4.69) is 0 Å². The fourth-order valence-electron chi connectivity index (χ4n) is 4.48. The normalized spacial score (nSPS) is 11.3. The Kier molecular flexibility index (Phi) is 12.8. The number of ketones is 1. The molecule has 1 N–H and O–H groups in total. The number of carbonyl (C=O) groups excluding carboxylic acids is 3. The van der Waals surface area contributed by atoms with E-state index in [0.717, 1.165) is 17.5 Å². The number of hydrogen-bond donors (Lipinski definition) is 1. The van der Waals surface area contributed by atoms with Gasteiger partial charge in [0.05, 0.1) is 14.2 Å². The van der Waals surface area contributed by atoms with Crippen molar-refractivity contribution in [2.45, 2.75) is 0 Å². The van der Waals surface area contributed by atoms with Crippen LogP contribution in [-0.4, -0.2) is 64.2 Å². The molecule has 4 rings (SSSR count). The van der Waals surface area contributed by atoms with E-state index in [-0.39, 0.29) is 30.8 Å². The van der Waals surface area contributed by atoms with Crippen LogP contribution < -0.4 is 28.7 Å². The first kappa shape index (κ1) is 35.6. The highest BCUT2D eigenvalue weighted by molar-refractivity contribution is 6.02. The number of allylic oxidation sites excluding steroid dienone is 3. The van der Waals surface area contributed by atoms with Crippen molar-refractivity contribution in [3.8, 4) is 23.0 Å². The lowest BCUT2D eigenvalue weighted by Gasteiger charge is -2.18. The van der Waals surface area contributed by atoms with Gasteiger partial charge in [0, 0.05) is 31.5 Å². The van der Waals surface area contributed by atoms with Crippen LogP contribution >= 0.6 is 0 Å². The van der Waals surface area contributed by atoms with Crippen LogP contribution in [0.1, 0.15) is 11.1 Å². The topological polar surface area (TPSA) is 115 Å². The van der Waals surface area contributed by atoms with E-state index in [9.17, 15) is 19.5 Å². The maximum atomic E-state index is 12.6. The summed E-state index contributed by atoms with van der Waals surface area (Å²) >= 11 is 0. The highest BCUT2D eigenvalue weighted by Gasteiger charge is 2.15. The van der Waals surface area contributed by atoms with Crippen molar-refractivity contribution in [3.05, 3.63) is 132 Å². The predicted octanol–water partition coefficient (Wildman–Crippen LogP) is 6.53. The monoisotopic (exact) mass is 662 g/mol. The van der Waals surface area contributed by atoms with Crippen molar-refractivity contribution in [1.82, 2.24) is 0 Å². The van der Waals surface area contributed by atoms with E-state index < -0.39 is 5.78 Å². The van der Waals surface area contributed by atoms with Gasteiger partial charge in [-0.05, 0) is 71.8 Å². The maximum Gasteiger partial charge on any atom is 0.264 e. The molecule has 0 fully saturated rings.